The third-order valence-electron chi connectivity index (χ3n) is 6.05. The lowest BCUT2D eigenvalue weighted by Crippen LogP contribution is -2.42. The monoisotopic (exact) mass is 600 g/mol. The summed E-state index contributed by atoms with van der Waals surface area (Å²) in [6, 6.07) is 16.8. The van der Waals surface area contributed by atoms with Crippen LogP contribution >= 0.6 is 12.2 Å². The predicted octanol–water partition coefficient (Wildman–Crippen LogP) is 6.72. The number of urea groups is 1. The van der Waals surface area contributed by atoms with Gasteiger partial charge in [-0.25, -0.2) is 18.9 Å². The van der Waals surface area contributed by atoms with Gasteiger partial charge in [0, 0.05) is 17.8 Å². The first-order valence-corrected chi connectivity index (χ1v) is 13.4. The maximum Gasteiger partial charge on any atom is 0.573 e. The van der Waals surface area contributed by atoms with Crippen LogP contribution in [-0.4, -0.2) is 38.8 Å². The lowest BCUT2D eigenvalue weighted by atomic mass is 10.0. The fourth-order valence-electron chi connectivity index (χ4n) is 4.11. The van der Waals surface area contributed by atoms with Gasteiger partial charge in [-0.1, -0.05) is 32.0 Å². The quantitative estimate of drug-likeness (QED) is 0.112. The van der Waals surface area contributed by atoms with Crippen LogP contribution in [-0.2, 0) is 6.42 Å². The molecular formula is C29H28F4N6O2S. The van der Waals surface area contributed by atoms with E-state index in [4.69, 9.17) is 12.2 Å². The molecule has 0 bridgehead atoms. The van der Waals surface area contributed by atoms with Gasteiger partial charge >= 0.3 is 12.4 Å². The van der Waals surface area contributed by atoms with Crippen molar-refractivity contribution in [3.63, 3.8) is 0 Å². The van der Waals surface area contributed by atoms with Crippen LogP contribution in [0.3, 0.4) is 0 Å². The number of nitrogens with zero attached hydrogens (tertiary/aromatic N) is 3. The van der Waals surface area contributed by atoms with E-state index < -0.39 is 12.4 Å². The molecule has 13 heteroatoms. The van der Waals surface area contributed by atoms with Crippen LogP contribution in [0.25, 0.3) is 17.1 Å². The van der Waals surface area contributed by atoms with Crippen LogP contribution in [0.15, 0.2) is 73.1 Å². The molecule has 0 saturated carbocycles. The Balaban J connectivity index is 1.25. The summed E-state index contributed by atoms with van der Waals surface area (Å²) in [6.45, 7) is 4.27. The molecule has 0 unspecified atom stereocenters. The highest BCUT2D eigenvalue weighted by Crippen LogP contribution is 2.26. The molecule has 0 fully saturated rings. The molecule has 0 saturated heterocycles. The van der Waals surface area contributed by atoms with Crippen molar-refractivity contribution >= 4 is 29.0 Å². The minimum atomic E-state index is -4.76. The van der Waals surface area contributed by atoms with Crippen LogP contribution in [0.2, 0.25) is 0 Å². The van der Waals surface area contributed by atoms with Crippen molar-refractivity contribution < 1.29 is 27.1 Å². The molecule has 8 nitrogen and oxygen atoms in total. The second-order valence-corrected chi connectivity index (χ2v) is 9.99. The number of ether oxygens (including phenoxy) is 1. The van der Waals surface area contributed by atoms with E-state index in [1.807, 2.05) is 38.1 Å². The highest BCUT2D eigenvalue weighted by Gasteiger charge is 2.31. The van der Waals surface area contributed by atoms with Gasteiger partial charge in [0.05, 0.1) is 5.69 Å². The molecule has 3 N–H and O–H groups in total. The van der Waals surface area contributed by atoms with Gasteiger partial charge in [0.15, 0.2) is 10.9 Å². The van der Waals surface area contributed by atoms with Crippen molar-refractivity contribution in [3.05, 3.63) is 90.0 Å². The smallest absolute Gasteiger partial charge is 0.406 e. The molecule has 4 rings (SSSR count). The Labute approximate surface area is 245 Å². The molecule has 1 heterocycles. The van der Waals surface area contributed by atoms with E-state index in [2.05, 4.69) is 30.8 Å². The molecule has 4 aromatic rings. The summed E-state index contributed by atoms with van der Waals surface area (Å²) in [4.78, 5) is 16.6. The number of hydrogen-bond donors (Lipinski definition) is 3. The van der Waals surface area contributed by atoms with Gasteiger partial charge in [0.25, 0.3) is 0 Å². The van der Waals surface area contributed by atoms with Crippen molar-refractivity contribution in [1.29, 1.82) is 0 Å². The minimum Gasteiger partial charge on any atom is -0.406 e. The summed E-state index contributed by atoms with van der Waals surface area (Å²) < 4.78 is 56.1. The first kappa shape index (κ1) is 30.4. The van der Waals surface area contributed by atoms with Crippen LogP contribution in [0, 0.1) is 5.82 Å². The molecule has 2 amide bonds. The molecule has 0 radical (unpaired) electrons. The molecule has 0 spiro atoms. The second-order valence-electron chi connectivity index (χ2n) is 9.58. The lowest BCUT2D eigenvalue weighted by Gasteiger charge is -2.16. The van der Waals surface area contributed by atoms with Crippen LogP contribution in [0.5, 0.6) is 5.75 Å². The number of nitrogens with one attached hydrogen (secondary N) is 3. The number of thiocarbonyl (C=S) groups is 1. The zero-order valence-electron chi connectivity index (χ0n) is 22.7. The Morgan fingerprint density at radius 2 is 1.83 bits per heavy atom. The summed E-state index contributed by atoms with van der Waals surface area (Å²) in [6.07, 6.45) is -1.96. The maximum atomic E-state index is 13.6. The maximum absolute atomic E-state index is 13.6. The SMILES string of the molecule is CC(C)c1cc(F)ccc1NC(=S)NC(=O)NCCCc1cccc(-c2ncn(-c3ccc(OC(F)(F)F)cc3)n2)c1. The zero-order chi connectivity index (χ0) is 30.3. The number of halogens is 4. The predicted molar refractivity (Wildman–Crippen MR) is 155 cm³/mol. The molecule has 1 aromatic heterocycles. The molecule has 0 aliphatic heterocycles. The van der Waals surface area contributed by atoms with Gasteiger partial charge in [-0.3, -0.25) is 5.32 Å². The minimum absolute atomic E-state index is 0.0623. The number of alkyl halides is 3. The summed E-state index contributed by atoms with van der Waals surface area (Å²) in [5.74, 6) is -0.152. The summed E-state index contributed by atoms with van der Waals surface area (Å²) >= 11 is 5.23. The number of aryl methyl sites for hydroxylation is 1. The Morgan fingerprint density at radius 3 is 2.55 bits per heavy atom. The summed E-state index contributed by atoms with van der Waals surface area (Å²) in [5, 5.41) is 12.8. The number of carbonyl (C=O) groups is 1. The Kier molecular flexibility index (Phi) is 9.73. The van der Waals surface area contributed by atoms with Crippen molar-refractivity contribution in [2.45, 2.75) is 39.0 Å². The number of rotatable bonds is 9. The topological polar surface area (TPSA) is 93.1 Å². The standard InChI is InChI=1S/C29H28F4N6O2S/c1-18(2)24-16-21(30)8-13-25(24)36-28(42)37-27(40)34-14-4-6-19-5-3-7-20(15-19)26-35-17-39(38-26)22-9-11-23(12-10-22)41-29(31,32)33/h3,5,7-13,15-18H,4,6,14H2,1-2H3,(H3,34,36,37,40,42). The highest BCUT2D eigenvalue weighted by atomic mass is 32.1. The number of benzene rings is 3. The average Bonchev–Trinajstić information content (AvgIpc) is 3.42. The molecular weight excluding hydrogens is 572 g/mol. The molecule has 0 aliphatic rings. The van der Waals surface area contributed by atoms with Gasteiger partial charge in [0.1, 0.15) is 17.9 Å². The molecule has 42 heavy (non-hydrogen) atoms. The molecule has 0 atom stereocenters. The van der Waals surface area contributed by atoms with E-state index in [1.54, 1.807) is 6.07 Å². The third-order valence-corrected chi connectivity index (χ3v) is 6.25. The largest absolute Gasteiger partial charge is 0.573 e. The van der Waals surface area contributed by atoms with E-state index in [-0.39, 0.29) is 22.6 Å². The first-order valence-electron chi connectivity index (χ1n) is 13.0. The third kappa shape index (κ3) is 8.74. The first-order chi connectivity index (χ1) is 20.0. The van der Waals surface area contributed by atoms with Gasteiger partial charge in [-0.2, -0.15) is 0 Å². The Bertz CT molecular complexity index is 1540. The zero-order valence-corrected chi connectivity index (χ0v) is 23.5. The van der Waals surface area contributed by atoms with E-state index in [1.165, 1.54) is 47.4 Å². The fraction of sp³-hybridized carbons (Fsp3) is 0.241. The number of amides is 2. The van der Waals surface area contributed by atoms with E-state index in [9.17, 15) is 22.4 Å². The van der Waals surface area contributed by atoms with Crippen molar-refractivity contribution in [1.82, 2.24) is 25.4 Å². The van der Waals surface area contributed by atoms with Gasteiger partial charge < -0.3 is 15.4 Å². The van der Waals surface area contributed by atoms with Crippen molar-refractivity contribution in [2.24, 2.45) is 0 Å². The lowest BCUT2D eigenvalue weighted by molar-refractivity contribution is -0.274. The van der Waals surface area contributed by atoms with E-state index in [0.29, 0.717) is 36.6 Å². The summed E-state index contributed by atoms with van der Waals surface area (Å²) in [5.41, 5.74) is 3.68. The van der Waals surface area contributed by atoms with Gasteiger partial charge in [-0.15, -0.1) is 18.3 Å². The van der Waals surface area contributed by atoms with Gasteiger partial charge in [-0.05, 0) is 90.6 Å². The average molecular weight is 601 g/mol. The fourth-order valence-corrected chi connectivity index (χ4v) is 4.31. The van der Waals surface area contributed by atoms with Crippen LogP contribution < -0.4 is 20.7 Å². The van der Waals surface area contributed by atoms with E-state index in [0.717, 1.165) is 16.7 Å². The van der Waals surface area contributed by atoms with E-state index >= 15 is 0 Å². The highest BCUT2D eigenvalue weighted by molar-refractivity contribution is 7.80. The van der Waals surface area contributed by atoms with Gasteiger partial charge in [0.2, 0.25) is 0 Å². The normalized spacial score (nSPS) is 11.3. The number of carbonyl (C=O) groups excluding carboxylic acids is 1. The van der Waals surface area contributed by atoms with Crippen LogP contribution in [0.1, 0.15) is 37.3 Å². The molecule has 3 aromatic carbocycles. The van der Waals surface area contributed by atoms with Crippen LogP contribution in [0.4, 0.5) is 28.0 Å². The van der Waals surface area contributed by atoms with Crippen molar-refractivity contribution in [2.75, 3.05) is 11.9 Å². The molecule has 220 valence electrons. The second kappa shape index (κ2) is 13.4. The summed E-state index contributed by atoms with van der Waals surface area (Å²) in [7, 11) is 0. The Hall–Kier alpha value is -4.52. The number of anilines is 1. The van der Waals surface area contributed by atoms with Crippen molar-refractivity contribution in [3.8, 4) is 22.8 Å². The molecule has 0 aliphatic carbocycles. The number of aromatic nitrogens is 3. The number of hydrogen-bond acceptors (Lipinski definition) is 5. The Morgan fingerprint density at radius 1 is 1.07 bits per heavy atom.